The van der Waals surface area contributed by atoms with Gasteiger partial charge in [0.05, 0.1) is 6.04 Å². The fraction of sp³-hybridized carbons (Fsp3) is 0.833. The van der Waals surface area contributed by atoms with Gasteiger partial charge >= 0.3 is 5.97 Å². The summed E-state index contributed by atoms with van der Waals surface area (Å²) < 4.78 is 0. The van der Waals surface area contributed by atoms with Crippen LogP contribution in [-0.2, 0) is 9.59 Å². The highest BCUT2D eigenvalue weighted by Crippen LogP contribution is 2.21. The van der Waals surface area contributed by atoms with Gasteiger partial charge in [0.1, 0.15) is 5.54 Å². The average Bonchev–Trinajstić information content (AvgIpc) is 2.64. The minimum atomic E-state index is -1.16. The van der Waals surface area contributed by atoms with Gasteiger partial charge in [-0.3, -0.25) is 4.79 Å². The summed E-state index contributed by atoms with van der Waals surface area (Å²) in [5, 5.41) is 12.3. The van der Waals surface area contributed by atoms with Gasteiger partial charge in [-0.05, 0) is 39.7 Å². The Morgan fingerprint density at radius 3 is 2.41 bits per heavy atom. The molecule has 98 valence electrons. The van der Waals surface area contributed by atoms with Crippen LogP contribution in [-0.4, -0.2) is 46.6 Å². The number of likely N-dealkylation sites (N-methyl/N-ethyl adjacent to an activating group) is 1. The van der Waals surface area contributed by atoms with Crippen molar-refractivity contribution in [3.8, 4) is 0 Å². The van der Waals surface area contributed by atoms with Gasteiger partial charge in [-0.25, -0.2) is 4.79 Å². The smallest absolute Gasteiger partial charge is 0.329 e. The molecule has 2 unspecified atom stereocenters. The number of carboxylic acid groups (broad SMARTS) is 1. The summed E-state index contributed by atoms with van der Waals surface area (Å²) in [4.78, 5) is 25.0. The van der Waals surface area contributed by atoms with E-state index in [1.165, 1.54) is 4.90 Å². The Kier molecular flexibility index (Phi) is 4.14. The predicted octanol–water partition coefficient (Wildman–Crippen LogP) is 0.696. The molecule has 17 heavy (non-hydrogen) atoms. The molecule has 2 atom stereocenters. The van der Waals surface area contributed by atoms with Crippen molar-refractivity contribution in [3.63, 3.8) is 0 Å². The van der Waals surface area contributed by atoms with Crippen LogP contribution in [0.4, 0.5) is 0 Å². The summed E-state index contributed by atoms with van der Waals surface area (Å²) >= 11 is 0. The molecule has 2 N–H and O–H groups in total. The third-order valence-corrected chi connectivity index (χ3v) is 3.58. The van der Waals surface area contributed by atoms with Crippen molar-refractivity contribution in [3.05, 3.63) is 0 Å². The van der Waals surface area contributed by atoms with Gasteiger partial charge in [-0.15, -0.1) is 0 Å². The number of hydrogen-bond acceptors (Lipinski definition) is 3. The summed E-state index contributed by atoms with van der Waals surface area (Å²) in [6.45, 7) is 8.19. The van der Waals surface area contributed by atoms with Crippen LogP contribution in [0.3, 0.4) is 0 Å². The van der Waals surface area contributed by atoms with Crippen molar-refractivity contribution in [2.45, 2.75) is 45.7 Å². The zero-order valence-corrected chi connectivity index (χ0v) is 11.0. The van der Waals surface area contributed by atoms with Crippen molar-refractivity contribution < 1.29 is 14.7 Å². The lowest BCUT2D eigenvalue weighted by Gasteiger charge is -2.36. The number of hydrogen-bond donors (Lipinski definition) is 2. The first-order valence-corrected chi connectivity index (χ1v) is 6.10. The first-order chi connectivity index (χ1) is 7.82. The summed E-state index contributed by atoms with van der Waals surface area (Å²) in [5.41, 5.74) is -1.16. The maximum absolute atomic E-state index is 12.3. The average molecular weight is 242 g/mol. The van der Waals surface area contributed by atoms with Gasteiger partial charge in [-0.2, -0.15) is 0 Å². The van der Waals surface area contributed by atoms with E-state index in [1.54, 1.807) is 13.8 Å². The maximum atomic E-state index is 12.3. The van der Waals surface area contributed by atoms with Gasteiger partial charge in [0.25, 0.3) is 0 Å². The van der Waals surface area contributed by atoms with Gasteiger partial charge < -0.3 is 15.3 Å². The van der Waals surface area contributed by atoms with Gasteiger partial charge in [-0.1, -0.05) is 6.92 Å². The molecule has 0 spiro atoms. The Morgan fingerprint density at radius 1 is 1.47 bits per heavy atom. The molecular weight excluding hydrogens is 220 g/mol. The van der Waals surface area contributed by atoms with Gasteiger partial charge in [0.2, 0.25) is 5.91 Å². The van der Waals surface area contributed by atoms with Crippen LogP contribution in [0.25, 0.3) is 0 Å². The Morgan fingerprint density at radius 2 is 2.06 bits per heavy atom. The van der Waals surface area contributed by atoms with Crippen molar-refractivity contribution in [1.29, 1.82) is 0 Å². The molecule has 1 rings (SSSR count). The fourth-order valence-electron chi connectivity index (χ4n) is 2.28. The van der Waals surface area contributed by atoms with Crippen LogP contribution in [0.2, 0.25) is 0 Å². The zero-order chi connectivity index (χ0) is 13.2. The Labute approximate surface area is 102 Å². The highest BCUT2D eigenvalue weighted by atomic mass is 16.4. The van der Waals surface area contributed by atoms with Crippen LogP contribution in [0, 0.1) is 5.92 Å². The molecule has 1 amide bonds. The van der Waals surface area contributed by atoms with Crippen LogP contribution in [0.15, 0.2) is 0 Å². The van der Waals surface area contributed by atoms with E-state index in [0.29, 0.717) is 6.54 Å². The third-order valence-electron chi connectivity index (χ3n) is 3.58. The maximum Gasteiger partial charge on any atom is 0.329 e. The SMILES string of the molecule is CCN(C(=O)C1NCCC1C)C(C)(C)C(=O)O. The molecule has 0 aromatic heterocycles. The van der Waals surface area contributed by atoms with E-state index in [2.05, 4.69) is 5.32 Å². The lowest BCUT2D eigenvalue weighted by Crippen LogP contribution is -2.57. The van der Waals surface area contributed by atoms with E-state index in [-0.39, 0.29) is 17.9 Å². The number of rotatable bonds is 4. The summed E-state index contributed by atoms with van der Waals surface area (Å²) in [7, 11) is 0. The Bertz CT molecular complexity index is 315. The number of nitrogens with one attached hydrogen (secondary N) is 1. The van der Waals surface area contributed by atoms with E-state index in [1.807, 2.05) is 13.8 Å². The van der Waals surface area contributed by atoms with E-state index in [9.17, 15) is 14.7 Å². The third kappa shape index (κ3) is 2.60. The topological polar surface area (TPSA) is 69.6 Å². The van der Waals surface area contributed by atoms with E-state index in [0.717, 1.165) is 13.0 Å². The predicted molar refractivity (Wildman–Crippen MR) is 64.7 cm³/mol. The second-order valence-corrected chi connectivity index (χ2v) is 5.14. The lowest BCUT2D eigenvalue weighted by atomic mass is 9.97. The zero-order valence-electron chi connectivity index (χ0n) is 11.0. The molecule has 0 bridgehead atoms. The minimum absolute atomic E-state index is 0.107. The quantitative estimate of drug-likeness (QED) is 0.761. The number of nitrogens with zero attached hydrogens (tertiary/aromatic N) is 1. The van der Waals surface area contributed by atoms with Crippen molar-refractivity contribution >= 4 is 11.9 Å². The van der Waals surface area contributed by atoms with Crippen molar-refractivity contribution in [1.82, 2.24) is 10.2 Å². The standard InChI is InChI=1S/C12H22N2O3/c1-5-14(12(3,4)11(16)17)10(15)9-8(2)6-7-13-9/h8-9,13H,5-7H2,1-4H3,(H,16,17). The molecule has 5 heteroatoms. The highest BCUT2D eigenvalue weighted by molar-refractivity contribution is 5.89. The van der Waals surface area contributed by atoms with Crippen LogP contribution in [0.5, 0.6) is 0 Å². The molecule has 0 radical (unpaired) electrons. The van der Waals surface area contributed by atoms with Gasteiger partial charge in [0.15, 0.2) is 0 Å². The second-order valence-electron chi connectivity index (χ2n) is 5.14. The summed E-state index contributed by atoms with van der Waals surface area (Å²) in [6, 6.07) is -0.242. The summed E-state index contributed by atoms with van der Waals surface area (Å²) in [5.74, 6) is -0.815. The molecule has 0 aromatic carbocycles. The van der Waals surface area contributed by atoms with Crippen molar-refractivity contribution in [2.24, 2.45) is 5.92 Å². The Balaban J connectivity index is 2.87. The molecule has 5 nitrogen and oxygen atoms in total. The number of carbonyl (C=O) groups is 2. The van der Waals surface area contributed by atoms with Gasteiger partial charge in [0, 0.05) is 6.54 Å². The molecule has 1 heterocycles. The largest absolute Gasteiger partial charge is 0.480 e. The molecule has 1 saturated heterocycles. The minimum Gasteiger partial charge on any atom is -0.480 e. The first kappa shape index (κ1) is 14.0. The molecular formula is C12H22N2O3. The second kappa shape index (κ2) is 5.04. The fourth-order valence-corrected chi connectivity index (χ4v) is 2.28. The normalized spacial score (nSPS) is 24.7. The van der Waals surface area contributed by atoms with Crippen LogP contribution < -0.4 is 5.32 Å². The molecule has 1 aliphatic heterocycles. The molecule has 0 saturated carbocycles. The van der Waals surface area contributed by atoms with E-state index < -0.39 is 11.5 Å². The number of aliphatic carboxylic acids is 1. The number of amides is 1. The molecule has 0 aromatic rings. The van der Waals surface area contributed by atoms with Crippen LogP contribution >= 0.6 is 0 Å². The molecule has 1 fully saturated rings. The molecule has 0 aliphatic carbocycles. The number of carboxylic acids is 1. The van der Waals surface area contributed by atoms with E-state index >= 15 is 0 Å². The summed E-state index contributed by atoms with van der Waals surface area (Å²) in [6.07, 6.45) is 0.960. The molecule has 1 aliphatic rings. The monoisotopic (exact) mass is 242 g/mol. The van der Waals surface area contributed by atoms with Crippen molar-refractivity contribution in [2.75, 3.05) is 13.1 Å². The Hall–Kier alpha value is -1.10. The van der Waals surface area contributed by atoms with Crippen LogP contribution in [0.1, 0.15) is 34.1 Å². The highest BCUT2D eigenvalue weighted by Gasteiger charge is 2.41. The lowest BCUT2D eigenvalue weighted by molar-refractivity contribution is -0.157. The van der Waals surface area contributed by atoms with E-state index in [4.69, 9.17) is 0 Å². The first-order valence-electron chi connectivity index (χ1n) is 6.10. The number of carbonyl (C=O) groups excluding carboxylic acids is 1.